The van der Waals surface area contributed by atoms with Gasteiger partial charge in [-0.2, -0.15) is 5.10 Å². The Hall–Kier alpha value is -1.20. The van der Waals surface area contributed by atoms with Crippen LogP contribution in [0.25, 0.3) is 0 Å². The number of carbonyl (C=O) groups is 1. The molecule has 0 aliphatic carbocycles. The predicted molar refractivity (Wildman–Crippen MR) is 79.7 cm³/mol. The van der Waals surface area contributed by atoms with Crippen LogP contribution in [-0.2, 0) is 19.9 Å². The lowest BCUT2D eigenvalue weighted by Gasteiger charge is -2.04. The summed E-state index contributed by atoms with van der Waals surface area (Å²) in [7, 11) is 1.73. The number of hydrogen-bond acceptors (Lipinski definition) is 2. The number of carbonyl (C=O) groups excluding carboxylic acids is 1. The number of aromatic nitrogens is 2. The zero-order valence-electron chi connectivity index (χ0n) is 11.1. The van der Waals surface area contributed by atoms with E-state index in [9.17, 15) is 9.18 Å². The average molecular weight is 360 g/mol. The summed E-state index contributed by atoms with van der Waals surface area (Å²) in [5.41, 5.74) is 1.41. The Labute approximate surface area is 129 Å². The number of nitrogens with zero attached hydrogens (tertiary/aromatic N) is 2. The molecule has 0 N–H and O–H groups in total. The van der Waals surface area contributed by atoms with Crippen LogP contribution in [0.15, 0.2) is 22.7 Å². The Morgan fingerprint density at radius 1 is 1.50 bits per heavy atom. The van der Waals surface area contributed by atoms with Gasteiger partial charge in [0.15, 0.2) is 5.78 Å². The third-order valence-electron chi connectivity index (χ3n) is 3.06. The predicted octanol–water partition coefficient (Wildman–Crippen LogP) is 3.96. The van der Waals surface area contributed by atoms with Crippen molar-refractivity contribution in [1.29, 1.82) is 0 Å². The Morgan fingerprint density at radius 2 is 2.20 bits per heavy atom. The minimum Gasteiger partial charge on any atom is -0.294 e. The maximum absolute atomic E-state index is 13.8. The van der Waals surface area contributed by atoms with E-state index in [1.807, 2.05) is 6.92 Å². The second kappa shape index (κ2) is 6.06. The van der Waals surface area contributed by atoms with Crippen molar-refractivity contribution in [3.8, 4) is 0 Å². The Kier molecular flexibility index (Phi) is 4.60. The minimum atomic E-state index is -0.543. The van der Waals surface area contributed by atoms with E-state index in [-0.39, 0.29) is 17.8 Å². The largest absolute Gasteiger partial charge is 0.294 e. The minimum absolute atomic E-state index is 0.0287. The first-order valence-electron chi connectivity index (χ1n) is 6.12. The second-order valence-corrected chi connectivity index (χ2v) is 5.70. The lowest BCUT2D eigenvalue weighted by molar-refractivity contribution is 0.0987. The third-order valence-corrected chi connectivity index (χ3v) is 3.99. The summed E-state index contributed by atoms with van der Waals surface area (Å²) < 4.78 is 15.9. The van der Waals surface area contributed by atoms with Gasteiger partial charge in [-0.05, 0) is 24.6 Å². The molecular weight excluding hydrogens is 347 g/mol. The van der Waals surface area contributed by atoms with E-state index in [0.29, 0.717) is 21.6 Å². The summed E-state index contributed by atoms with van der Waals surface area (Å²) in [6.07, 6.45) is 0.717. The van der Waals surface area contributed by atoms with Crippen LogP contribution in [-0.4, -0.2) is 15.6 Å². The van der Waals surface area contributed by atoms with Crippen molar-refractivity contribution < 1.29 is 9.18 Å². The lowest BCUT2D eigenvalue weighted by Crippen LogP contribution is -2.10. The molecule has 0 aliphatic rings. The average Bonchev–Trinajstić information content (AvgIpc) is 2.66. The Morgan fingerprint density at radius 3 is 2.75 bits per heavy atom. The number of rotatable bonds is 4. The first kappa shape index (κ1) is 15.2. The van der Waals surface area contributed by atoms with Crippen LogP contribution in [0.5, 0.6) is 0 Å². The van der Waals surface area contributed by atoms with Gasteiger partial charge in [0.2, 0.25) is 0 Å². The topological polar surface area (TPSA) is 34.9 Å². The highest BCUT2D eigenvalue weighted by molar-refractivity contribution is 9.10. The molecule has 1 heterocycles. The molecule has 0 saturated heterocycles. The molecule has 0 atom stereocenters. The standard InChI is InChI=1S/C14H13BrClFN2O/c1-3-11-14(16)12(19(2)18-11)7-13(20)9-5-4-8(15)6-10(9)17/h4-6H,3,7H2,1-2H3. The number of Topliss-reactive ketones (excluding diaryl/α,β-unsaturated/α-hetero) is 1. The van der Waals surface area contributed by atoms with E-state index in [2.05, 4.69) is 21.0 Å². The smallest absolute Gasteiger partial charge is 0.171 e. The molecule has 0 amide bonds. The molecule has 0 fully saturated rings. The summed E-state index contributed by atoms with van der Waals surface area (Å²) in [4.78, 5) is 12.2. The normalized spacial score (nSPS) is 10.8. The molecule has 6 heteroatoms. The van der Waals surface area contributed by atoms with E-state index in [0.717, 1.165) is 5.69 Å². The van der Waals surface area contributed by atoms with Crippen LogP contribution >= 0.6 is 27.5 Å². The van der Waals surface area contributed by atoms with Crippen LogP contribution in [0.1, 0.15) is 28.7 Å². The molecule has 0 unspecified atom stereocenters. The molecule has 1 aromatic carbocycles. The van der Waals surface area contributed by atoms with E-state index in [4.69, 9.17) is 11.6 Å². The van der Waals surface area contributed by atoms with Crippen molar-refractivity contribution >= 4 is 33.3 Å². The van der Waals surface area contributed by atoms with E-state index in [1.54, 1.807) is 17.8 Å². The monoisotopic (exact) mass is 358 g/mol. The summed E-state index contributed by atoms with van der Waals surface area (Å²) in [6, 6.07) is 4.38. The van der Waals surface area contributed by atoms with Crippen LogP contribution in [0.4, 0.5) is 4.39 Å². The number of ketones is 1. The first-order chi connectivity index (χ1) is 9.43. The van der Waals surface area contributed by atoms with Crippen molar-refractivity contribution in [2.45, 2.75) is 19.8 Å². The van der Waals surface area contributed by atoms with Crippen molar-refractivity contribution in [2.24, 2.45) is 7.05 Å². The molecule has 0 radical (unpaired) electrons. The van der Waals surface area contributed by atoms with Gasteiger partial charge in [-0.3, -0.25) is 9.48 Å². The van der Waals surface area contributed by atoms with Crippen LogP contribution in [0.2, 0.25) is 5.02 Å². The fourth-order valence-corrected chi connectivity index (χ4v) is 2.67. The summed E-state index contributed by atoms with van der Waals surface area (Å²) in [5.74, 6) is -0.860. The molecule has 0 spiro atoms. The molecule has 2 aromatic rings. The molecule has 1 aromatic heterocycles. The van der Waals surface area contributed by atoms with Crippen molar-refractivity contribution in [1.82, 2.24) is 9.78 Å². The SMILES string of the molecule is CCc1nn(C)c(CC(=O)c2ccc(Br)cc2F)c1Cl. The number of halogens is 3. The van der Waals surface area contributed by atoms with Crippen molar-refractivity contribution in [2.75, 3.05) is 0 Å². The molecule has 20 heavy (non-hydrogen) atoms. The van der Waals surface area contributed by atoms with Gasteiger partial charge in [0, 0.05) is 11.5 Å². The molecule has 2 rings (SSSR count). The van der Waals surface area contributed by atoms with Gasteiger partial charge < -0.3 is 0 Å². The van der Waals surface area contributed by atoms with Gasteiger partial charge in [-0.15, -0.1) is 0 Å². The highest BCUT2D eigenvalue weighted by Crippen LogP contribution is 2.23. The Bertz CT molecular complexity index is 669. The van der Waals surface area contributed by atoms with Crippen LogP contribution in [0, 0.1) is 5.82 Å². The van der Waals surface area contributed by atoms with E-state index in [1.165, 1.54) is 12.1 Å². The first-order valence-corrected chi connectivity index (χ1v) is 7.29. The van der Waals surface area contributed by atoms with Crippen LogP contribution in [0.3, 0.4) is 0 Å². The van der Waals surface area contributed by atoms with Crippen molar-refractivity contribution in [3.05, 3.63) is 50.5 Å². The molecule has 0 bridgehead atoms. The summed E-state index contributed by atoms with van der Waals surface area (Å²) in [5, 5.41) is 4.73. The highest BCUT2D eigenvalue weighted by atomic mass is 79.9. The second-order valence-electron chi connectivity index (χ2n) is 4.41. The van der Waals surface area contributed by atoms with Gasteiger partial charge in [-0.25, -0.2) is 4.39 Å². The van der Waals surface area contributed by atoms with E-state index >= 15 is 0 Å². The van der Waals surface area contributed by atoms with Gasteiger partial charge in [-0.1, -0.05) is 34.5 Å². The van der Waals surface area contributed by atoms with Gasteiger partial charge in [0.25, 0.3) is 0 Å². The van der Waals surface area contributed by atoms with Gasteiger partial charge >= 0.3 is 0 Å². The lowest BCUT2D eigenvalue weighted by atomic mass is 10.1. The Balaban J connectivity index is 2.30. The number of hydrogen-bond donors (Lipinski definition) is 0. The molecule has 0 aliphatic heterocycles. The number of benzene rings is 1. The van der Waals surface area contributed by atoms with Gasteiger partial charge in [0.05, 0.1) is 28.4 Å². The van der Waals surface area contributed by atoms with Crippen molar-refractivity contribution in [3.63, 3.8) is 0 Å². The van der Waals surface area contributed by atoms with Crippen LogP contribution < -0.4 is 0 Å². The molecule has 0 saturated carbocycles. The maximum Gasteiger partial charge on any atom is 0.171 e. The third kappa shape index (κ3) is 2.94. The van der Waals surface area contributed by atoms with Gasteiger partial charge in [0.1, 0.15) is 5.82 Å². The summed E-state index contributed by atoms with van der Waals surface area (Å²) >= 11 is 9.35. The molecule has 106 valence electrons. The van der Waals surface area contributed by atoms with E-state index < -0.39 is 5.82 Å². The number of aryl methyl sites for hydroxylation is 2. The molecular formula is C14H13BrClFN2O. The maximum atomic E-state index is 13.8. The molecule has 3 nitrogen and oxygen atoms in total. The zero-order chi connectivity index (χ0) is 14.9. The highest BCUT2D eigenvalue weighted by Gasteiger charge is 2.19. The zero-order valence-corrected chi connectivity index (χ0v) is 13.4. The fraction of sp³-hybridized carbons (Fsp3) is 0.286. The fourth-order valence-electron chi connectivity index (χ4n) is 1.97. The summed E-state index contributed by atoms with van der Waals surface area (Å²) in [6.45, 7) is 1.94. The quantitative estimate of drug-likeness (QED) is 0.774.